The summed E-state index contributed by atoms with van der Waals surface area (Å²) >= 11 is 0. The molecule has 2 aromatic rings. The van der Waals surface area contributed by atoms with E-state index >= 15 is 0 Å². The summed E-state index contributed by atoms with van der Waals surface area (Å²) in [5.41, 5.74) is 1.20. The standard InChI is InChI=1S/C22H30O8/c1-25-17-9-13(10-18(26-2)21(17)29-5)15(23)7-8-16(24)14-11-19(27-3)22(30-6)20(12-14)28-4/h9-12,15-16,23-24H,7-8H2,1-6H3. The zero-order valence-electron chi connectivity index (χ0n) is 18.2. The van der Waals surface area contributed by atoms with Crippen molar-refractivity contribution in [1.29, 1.82) is 0 Å². The second-order valence-electron chi connectivity index (χ2n) is 6.53. The Balaban J connectivity index is 2.19. The third-order valence-electron chi connectivity index (χ3n) is 4.86. The molecule has 0 amide bonds. The van der Waals surface area contributed by atoms with Gasteiger partial charge in [0.05, 0.1) is 54.9 Å². The Hall–Kier alpha value is -2.84. The fraction of sp³-hybridized carbons (Fsp3) is 0.455. The van der Waals surface area contributed by atoms with Gasteiger partial charge in [0, 0.05) is 0 Å². The molecule has 166 valence electrons. The monoisotopic (exact) mass is 422 g/mol. The van der Waals surface area contributed by atoms with E-state index in [9.17, 15) is 10.2 Å². The Morgan fingerprint density at radius 2 is 0.800 bits per heavy atom. The summed E-state index contributed by atoms with van der Waals surface area (Å²) in [4.78, 5) is 0. The summed E-state index contributed by atoms with van der Waals surface area (Å²) < 4.78 is 31.9. The van der Waals surface area contributed by atoms with Crippen LogP contribution in [-0.2, 0) is 0 Å². The van der Waals surface area contributed by atoms with Crippen molar-refractivity contribution in [1.82, 2.24) is 0 Å². The molecule has 0 radical (unpaired) electrons. The number of methoxy groups -OCH3 is 6. The highest BCUT2D eigenvalue weighted by molar-refractivity contribution is 5.55. The Morgan fingerprint density at radius 3 is 1.00 bits per heavy atom. The number of hydrogen-bond acceptors (Lipinski definition) is 8. The predicted molar refractivity (Wildman–Crippen MR) is 111 cm³/mol. The maximum absolute atomic E-state index is 10.7. The smallest absolute Gasteiger partial charge is 0.203 e. The number of aliphatic hydroxyl groups excluding tert-OH is 2. The summed E-state index contributed by atoms with van der Waals surface area (Å²) in [6.07, 6.45) is -1.07. The van der Waals surface area contributed by atoms with E-state index in [1.807, 2.05) is 0 Å². The highest BCUT2D eigenvalue weighted by Gasteiger charge is 2.21. The first kappa shape index (κ1) is 23.4. The lowest BCUT2D eigenvalue weighted by Gasteiger charge is -2.19. The molecule has 0 fully saturated rings. The summed E-state index contributed by atoms with van der Waals surface area (Å²) in [7, 11) is 9.10. The molecule has 2 aromatic carbocycles. The molecule has 30 heavy (non-hydrogen) atoms. The van der Waals surface area contributed by atoms with Crippen molar-refractivity contribution in [3.63, 3.8) is 0 Å². The van der Waals surface area contributed by atoms with Crippen LogP contribution < -0.4 is 28.4 Å². The maximum atomic E-state index is 10.7. The van der Waals surface area contributed by atoms with Gasteiger partial charge in [-0.1, -0.05) is 0 Å². The van der Waals surface area contributed by atoms with E-state index in [1.165, 1.54) is 42.7 Å². The van der Waals surface area contributed by atoms with Crippen LogP contribution in [-0.4, -0.2) is 52.9 Å². The highest BCUT2D eigenvalue weighted by Crippen LogP contribution is 2.42. The molecule has 0 bridgehead atoms. The summed E-state index contributed by atoms with van der Waals surface area (Å²) in [6, 6.07) is 6.77. The molecule has 0 heterocycles. The maximum Gasteiger partial charge on any atom is 0.203 e. The molecule has 2 N–H and O–H groups in total. The van der Waals surface area contributed by atoms with Gasteiger partial charge in [-0.15, -0.1) is 0 Å². The number of aliphatic hydroxyl groups is 2. The molecule has 0 aromatic heterocycles. The van der Waals surface area contributed by atoms with Crippen LogP contribution >= 0.6 is 0 Å². The first-order valence-corrected chi connectivity index (χ1v) is 9.39. The minimum atomic E-state index is -0.838. The summed E-state index contributed by atoms with van der Waals surface area (Å²) in [5, 5.41) is 21.3. The summed E-state index contributed by atoms with van der Waals surface area (Å²) in [6.45, 7) is 0. The van der Waals surface area contributed by atoms with E-state index < -0.39 is 12.2 Å². The summed E-state index contributed by atoms with van der Waals surface area (Å²) in [5.74, 6) is 2.72. The van der Waals surface area contributed by atoms with Gasteiger partial charge in [-0.05, 0) is 48.2 Å². The average molecular weight is 422 g/mol. The van der Waals surface area contributed by atoms with Crippen molar-refractivity contribution in [3.8, 4) is 34.5 Å². The van der Waals surface area contributed by atoms with Gasteiger partial charge in [-0.25, -0.2) is 0 Å². The first-order valence-electron chi connectivity index (χ1n) is 9.39. The van der Waals surface area contributed by atoms with Gasteiger partial charge in [0.15, 0.2) is 23.0 Å². The molecular formula is C22H30O8. The Labute approximate surface area is 176 Å². The molecule has 2 rings (SSSR count). The molecule has 8 heteroatoms. The minimum Gasteiger partial charge on any atom is -0.493 e. The van der Waals surface area contributed by atoms with Crippen LogP contribution in [0.2, 0.25) is 0 Å². The van der Waals surface area contributed by atoms with Crippen molar-refractivity contribution in [3.05, 3.63) is 35.4 Å². The van der Waals surface area contributed by atoms with Crippen LogP contribution in [0.25, 0.3) is 0 Å². The van der Waals surface area contributed by atoms with Crippen LogP contribution in [0.5, 0.6) is 34.5 Å². The third-order valence-corrected chi connectivity index (χ3v) is 4.86. The Morgan fingerprint density at radius 1 is 0.533 bits per heavy atom. The number of rotatable bonds is 11. The number of benzene rings is 2. The first-order chi connectivity index (χ1) is 14.4. The van der Waals surface area contributed by atoms with Gasteiger partial charge in [0.1, 0.15) is 0 Å². The SMILES string of the molecule is COc1cc(C(O)CCC(O)c2cc(OC)c(OC)c(OC)c2)cc(OC)c1OC. The largest absolute Gasteiger partial charge is 0.493 e. The van der Waals surface area contributed by atoms with Crippen LogP contribution in [0.15, 0.2) is 24.3 Å². The molecule has 0 saturated carbocycles. The van der Waals surface area contributed by atoms with Crippen molar-refractivity contribution in [2.24, 2.45) is 0 Å². The van der Waals surface area contributed by atoms with E-state index in [-0.39, 0.29) is 0 Å². The molecule has 0 aliphatic rings. The fourth-order valence-electron chi connectivity index (χ4n) is 3.24. The normalized spacial score (nSPS) is 12.7. The minimum absolute atomic E-state index is 0.302. The van der Waals surface area contributed by atoms with E-state index in [0.29, 0.717) is 58.5 Å². The van der Waals surface area contributed by atoms with Crippen LogP contribution in [0.3, 0.4) is 0 Å². The molecule has 2 atom stereocenters. The Kier molecular flexibility index (Phi) is 8.44. The van der Waals surface area contributed by atoms with E-state index in [1.54, 1.807) is 24.3 Å². The topological polar surface area (TPSA) is 95.8 Å². The van der Waals surface area contributed by atoms with Crippen molar-refractivity contribution < 1.29 is 38.6 Å². The van der Waals surface area contributed by atoms with E-state index in [4.69, 9.17) is 28.4 Å². The van der Waals surface area contributed by atoms with Crippen LogP contribution in [0.4, 0.5) is 0 Å². The predicted octanol–water partition coefficient (Wildman–Crippen LogP) is 3.29. The van der Waals surface area contributed by atoms with Crippen molar-refractivity contribution in [2.45, 2.75) is 25.0 Å². The zero-order valence-corrected chi connectivity index (χ0v) is 18.2. The van der Waals surface area contributed by atoms with Crippen LogP contribution in [0.1, 0.15) is 36.2 Å². The lowest BCUT2D eigenvalue weighted by Crippen LogP contribution is -2.06. The molecular weight excluding hydrogens is 392 g/mol. The fourth-order valence-corrected chi connectivity index (χ4v) is 3.24. The van der Waals surface area contributed by atoms with Gasteiger partial charge in [0.2, 0.25) is 11.5 Å². The van der Waals surface area contributed by atoms with Crippen molar-refractivity contribution in [2.75, 3.05) is 42.7 Å². The molecule has 0 aliphatic carbocycles. The van der Waals surface area contributed by atoms with Gasteiger partial charge in [-0.3, -0.25) is 0 Å². The molecule has 2 unspecified atom stereocenters. The second kappa shape index (κ2) is 10.8. The third kappa shape index (κ3) is 5.01. The lowest BCUT2D eigenvalue weighted by molar-refractivity contribution is 0.114. The van der Waals surface area contributed by atoms with E-state index in [0.717, 1.165) is 0 Å². The highest BCUT2D eigenvalue weighted by atomic mass is 16.5. The van der Waals surface area contributed by atoms with Gasteiger partial charge in [-0.2, -0.15) is 0 Å². The van der Waals surface area contributed by atoms with Gasteiger partial charge >= 0.3 is 0 Å². The quantitative estimate of drug-likeness (QED) is 0.570. The molecule has 0 aliphatic heterocycles. The molecule has 0 spiro atoms. The van der Waals surface area contributed by atoms with Gasteiger partial charge in [0.25, 0.3) is 0 Å². The van der Waals surface area contributed by atoms with Crippen molar-refractivity contribution >= 4 is 0 Å². The average Bonchev–Trinajstić information content (AvgIpc) is 2.79. The molecule has 8 nitrogen and oxygen atoms in total. The van der Waals surface area contributed by atoms with Crippen LogP contribution in [0, 0.1) is 0 Å². The lowest BCUT2D eigenvalue weighted by atomic mass is 9.98. The van der Waals surface area contributed by atoms with Gasteiger partial charge < -0.3 is 38.6 Å². The van der Waals surface area contributed by atoms with E-state index in [2.05, 4.69) is 0 Å². The zero-order chi connectivity index (χ0) is 22.3. The second-order valence-corrected chi connectivity index (χ2v) is 6.53. The Bertz CT molecular complexity index is 716. The number of hydrogen-bond donors (Lipinski definition) is 2. The molecule has 0 saturated heterocycles. The number of ether oxygens (including phenoxy) is 6.